The summed E-state index contributed by atoms with van der Waals surface area (Å²) in [5.74, 6) is 0. The first-order chi connectivity index (χ1) is 9.15. The van der Waals surface area contributed by atoms with Crippen LogP contribution in [0.15, 0.2) is 29.4 Å². The van der Waals surface area contributed by atoms with Gasteiger partial charge in [0.25, 0.3) is 5.03 Å². The van der Waals surface area contributed by atoms with Gasteiger partial charge >= 0.3 is 0 Å². The average molecular weight is 288 g/mol. The fraction of sp³-hybridized carbons (Fsp3) is 0.583. The average Bonchev–Trinajstić information content (AvgIpc) is 2.43. The van der Waals surface area contributed by atoms with Gasteiger partial charge in [0.2, 0.25) is 6.20 Å². The molecule has 7 heteroatoms. The summed E-state index contributed by atoms with van der Waals surface area (Å²) < 4.78 is 7.14. The van der Waals surface area contributed by atoms with Crippen LogP contribution in [0.1, 0.15) is 6.42 Å². The molecule has 0 bridgehead atoms. The van der Waals surface area contributed by atoms with Crippen molar-refractivity contribution in [2.45, 2.75) is 35.2 Å². The Labute approximate surface area is 115 Å². The number of rotatable bonds is 4. The van der Waals surface area contributed by atoms with Gasteiger partial charge < -0.3 is 20.1 Å². The Morgan fingerprint density at radius 1 is 1.47 bits per heavy atom. The van der Waals surface area contributed by atoms with E-state index in [4.69, 9.17) is 14.7 Å². The van der Waals surface area contributed by atoms with Crippen LogP contribution in [0.5, 0.6) is 0 Å². The van der Waals surface area contributed by atoms with Crippen molar-refractivity contribution in [3.63, 3.8) is 0 Å². The van der Waals surface area contributed by atoms with Crippen molar-refractivity contribution in [2.75, 3.05) is 13.7 Å². The van der Waals surface area contributed by atoms with Crippen LogP contribution in [0, 0.1) is 0 Å². The van der Waals surface area contributed by atoms with Gasteiger partial charge in [-0.1, -0.05) is 0 Å². The molecular weight excluding hydrogens is 270 g/mol. The Morgan fingerprint density at radius 2 is 2.26 bits per heavy atom. The molecule has 1 fully saturated rings. The quantitative estimate of drug-likeness (QED) is 0.614. The number of ether oxygens (including phenoxy) is 1. The van der Waals surface area contributed by atoms with E-state index in [0.717, 1.165) is 5.03 Å². The van der Waals surface area contributed by atoms with Gasteiger partial charge in [-0.25, -0.2) is 0 Å². The molecule has 1 aliphatic rings. The minimum absolute atomic E-state index is 0.293. The number of aliphatic hydroxyl groups excluding tert-OH is 3. The predicted molar refractivity (Wildman–Crippen MR) is 67.4 cm³/mol. The monoisotopic (exact) mass is 288 g/mol. The van der Waals surface area contributed by atoms with E-state index >= 15 is 0 Å². The number of nitrogens with zero attached hydrogens (tertiary/aromatic N) is 1. The van der Waals surface area contributed by atoms with Crippen LogP contribution >= 0.6 is 11.8 Å². The van der Waals surface area contributed by atoms with Crippen LogP contribution in [0.3, 0.4) is 0 Å². The van der Waals surface area contributed by atoms with Gasteiger partial charge in [0, 0.05) is 23.3 Å². The molecule has 19 heavy (non-hydrogen) atoms. The van der Waals surface area contributed by atoms with Gasteiger partial charge in [-0.3, -0.25) is 4.84 Å². The molecular formula is C12H18NO5S+. The number of hydrogen-bond acceptors (Lipinski definition) is 6. The molecule has 0 saturated carbocycles. The van der Waals surface area contributed by atoms with Crippen molar-refractivity contribution >= 4 is 11.8 Å². The summed E-state index contributed by atoms with van der Waals surface area (Å²) in [6, 6.07) is 5.57. The zero-order valence-corrected chi connectivity index (χ0v) is 11.4. The number of aromatic nitrogens is 1. The van der Waals surface area contributed by atoms with E-state index in [2.05, 4.69) is 0 Å². The molecule has 2 rings (SSSR count). The van der Waals surface area contributed by atoms with E-state index in [1.807, 2.05) is 18.2 Å². The first-order valence-corrected chi connectivity index (χ1v) is 6.88. The Kier molecular flexibility index (Phi) is 5.00. The van der Waals surface area contributed by atoms with Crippen molar-refractivity contribution in [1.82, 2.24) is 0 Å². The van der Waals surface area contributed by atoms with Crippen LogP contribution in [-0.2, 0) is 4.74 Å². The number of aliphatic hydroxyl groups is 3. The SMILES string of the molecule is CO[n+]1ccccc1SC1CC(O)C(O)C(CO)O1. The second-order valence-electron chi connectivity index (χ2n) is 4.25. The molecule has 0 radical (unpaired) electrons. The normalized spacial score (nSPS) is 31.2. The fourth-order valence-electron chi connectivity index (χ4n) is 1.93. The minimum Gasteiger partial charge on any atom is -0.394 e. The van der Waals surface area contributed by atoms with Gasteiger partial charge in [0.15, 0.2) is 0 Å². The first-order valence-electron chi connectivity index (χ1n) is 6.00. The lowest BCUT2D eigenvalue weighted by molar-refractivity contribution is -0.913. The lowest BCUT2D eigenvalue weighted by Crippen LogP contribution is -2.49. The zero-order valence-electron chi connectivity index (χ0n) is 10.5. The maximum absolute atomic E-state index is 9.76. The third-order valence-corrected chi connectivity index (χ3v) is 4.08. The minimum atomic E-state index is -1.05. The molecule has 0 spiro atoms. The van der Waals surface area contributed by atoms with Crippen LogP contribution in [-0.4, -0.2) is 52.8 Å². The number of thioether (sulfide) groups is 1. The van der Waals surface area contributed by atoms with Gasteiger partial charge in [-0.2, -0.15) is 0 Å². The predicted octanol–water partition coefficient (Wildman–Crippen LogP) is -1.05. The van der Waals surface area contributed by atoms with E-state index < -0.39 is 18.3 Å². The van der Waals surface area contributed by atoms with Crippen LogP contribution < -0.4 is 9.57 Å². The Bertz CT molecular complexity index is 419. The van der Waals surface area contributed by atoms with Crippen molar-refractivity contribution in [1.29, 1.82) is 0 Å². The van der Waals surface area contributed by atoms with Crippen molar-refractivity contribution in [3.8, 4) is 0 Å². The van der Waals surface area contributed by atoms with Gasteiger partial charge in [0.05, 0.1) is 12.7 Å². The number of pyridine rings is 1. The summed E-state index contributed by atoms with van der Waals surface area (Å²) in [6.45, 7) is -0.325. The lowest BCUT2D eigenvalue weighted by Gasteiger charge is -2.35. The molecule has 0 aromatic carbocycles. The molecule has 1 aliphatic heterocycles. The maximum Gasteiger partial charge on any atom is 0.293 e. The second kappa shape index (κ2) is 6.53. The highest BCUT2D eigenvalue weighted by molar-refractivity contribution is 7.99. The third-order valence-electron chi connectivity index (χ3n) is 2.95. The zero-order chi connectivity index (χ0) is 13.8. The van der Waals surface area contributed by atoms with E-state index in [1.165, 1.54) is 11.8 Å². The summed E-state index contributed by atoms with van der Waals surface area (Å²) in [5, 5.41) is 29.4. The van der Waals surface area contributed by atoms with Crippen LogP contribution in [0.4, 0.5) is 0 Å². The number of hydrogen-bond donors (Lipinski definition) is 3. The standard InChI is InChI=1S/C12H18NO5S/c1-17-13-5-3-2-4-10(13)19-11-6-8(15)12(16)9(7-14)18-11/h2-5,8-9,11-12,14-16H,6-7H2,1H3/q+1. The molecule has 2 heterocycles. The topological polar surface area (TPSA) is 83.0 Å². The Morgan fingerprint density at radius 3 is 2.95 bits per heavy atom. The summed E-state index contributed by atoms with van der Waals surface area (Å²) in [5.41, 5.74) is -0.348. The molecule has 0 amide bonds. The molecule has 1 saturated heterocycles. The summed E-state index contributed by atoms with van der Waals surface area (Å²) in [6.07, 6.45) is -0.655. The van der Waals surface area contributed by atoms with Crippen LogP contribution in [0.2, 0.25) is 0 Å². The van der Waals surface area contributed by atoms with E-state index in [0.29, 0.717) is 6.42 Å². The van der Waals surface area contributed by atoms with E-state index in [1.54, 1.807) is 18.0 Å². The molecule has 0 aliphatic carbocycles. The molecule has 4 unspecified atom stereocenters. The highest BCUT2D eigenvalue weighted by Crippen LogP contribution is 2.31. The molecule has 1 aromatic heterocycles. The van der Waals surface area contributed by atoms with E-state index in [9.17, 15) is 10.2 Å². The molecule has 1 aromatic rings. The summed E-state index contributed by atoms with van der Waals surface area (Å²) >= 11 is 1.37. The van der Waals surface area contributed by atoms with Crippen molar-refractivity contribution in [3.05, 3.63) is 24.4 Å². The maximum atomic E-state index is 9.76. The van der Waals surface area contributed by atoms with Crippen molar-refractivity contribution < 1.29 is 29.6 Å². The summed E-state index contributed by atoms with van der Waals surface area (Å²) in [4.78, 5) is 5.17. The molecule has 3 N–H and O–H groups in total. The fourth-order valence-corrected chi connectivity index (χ4v) is 3.09. The second-order valence-corrected chi connectivity index (χ2v) is 5.43. The molecule has 4 atom stereocenters. The highest BCUT2D eigenvalue weighted by atomic mass is 32.2. The molecule has 6 nitrogen and oxygen atoms in total. The van der Waals surface area contributed by atoms with Crippen LogP contribution in [0.25, 0.3) is 0 Å². The Balaban J connectivity index is 2.06. The van der Waals surface area contributed by atoms with Gasteiger partial charge in [0.1, 0.15) is 24.8 Å². The van der Waals surface area contributed by atoms with Gasteiger partial charge in [-0.05, 0) is 17.8 Å². The lowest BCUT2D eigenvalue weighted by atomic mass is 10.0. The largest absolute Gasteiger partial charge is 0.394 e. The Hall–Kier alpha value is -0.860. The summed E-state index contributed by atoms with van der Waals surface area (Å²) in [7, 11) is 1.56. The smallest absolute Gasteiger partial charge is 0.293 e. The molecule has 106 valence electrons. The third kappa shape index (κ3) is 3.37. The van der Waals surface area contributed by atoms with Crippen molar-refractivity contribution in [2.24, 2.45) is 0 Å². The van der Waals surface area contributed by atoms with Gasteiger partial charge in [-0.15, -0.1) is 0 Å². The highest BCUT2D eigenvalue weighted by Gasteiger charge is 2.38. The first kappa shape index (κ1) is 14.5. The van der Waals surface area contributed by atoms with E-state index in [-0.39, 0.29) is 12.0 Å².